The molecule has 0 aliphatic carbocycles. The third kappa shape index (κ3) is 5.06. The van der Waals surface area contributed by atoms with Gasteiger partial charge >= 0.3 is 4.87 Å². The topological polar surface area (TPSA) is 83.2 Å². The molecule has 16 heavy (non-hydrogen) atoms. The Balaban J connectivity index is 2.13. The minimum Gasteiger partial charge on any atom is -0.383 e. The molecule has 1 aromatic rings. The lowest BCUT2D eigenvalue weighted by atomic mass is 10.4. The Labute approximate surface area is 97.0 Å². The number of rotatable bonds is 7. The van der Waals surface area contributed by atoms with Crippen molar-refractivity contribution < 1.29 is 9.53 Å². The van der Waals surface area contributed by atoms with Gasteiger partial charge in [-0.2, -0.15) is 0 Å². The van der Waals surface area contributed by atoms with Crippen molar-refractivity contribution in [1.29, 1.82) is 0 Å². The molecule has 3 N–H and O–H groups in total. The van der Waals surface area contributed by atoms with E-state index in [2.05, 4.69) is 15.6 Å². The van der Waals surface area contributed by atoms with E-state index < -0.39 is 0 Å². The van der Waals surface area contributed by atoms with E-state index in [0.29, 0.717) is 19.7 Å². The van der Waals surface area contributed by atoms with Crippen LogP contribution in [0.15, 0.2) is 10.2 Å². The maximum Gasteiger partial charge on any atom is 0.304 e. The van der Waals surface area contributed by atoms with Gasteiger partial charge in [0.25, 0.3) is 0 Å². The summed E-state index contributed by atoms with van der Waals surface area (Å²) in [5, 5.41) is 7.30. The van der Waals surface area contributed by atoms with Crippen molar-refractivity contribution >= 4 is 17.2 Å². The Morgan fingerprint density at radius 3 is 3.06 bits per heavy atom. The molecule has 0 atom stereocenters. The Morgan fingerprint density at radius 2 is 2.44 bits per heavy atom. The fraction of sp³-hybridized carbons (Fsp3) is 0.556. The third-order valence-electron chi connectivity index (χ3n) is 1.82. The van der Waals surface area contributed by atoms with Crippen LogP contribution in [0.2, 0.25) is 0 Å². The van der Waals surface area contributed by atoms with Crippen molar-refractivity contribution in [3.8, 4) is 0 Å². The van der Waals surface area contributed by atoms with Crippen LogP contribution in [0, 0.1) is 0 Å². The molecule has 7 heteroatoms. The lowest BCUT2D eigenvalue weighted by Gasteiger charge is -2.04. The zero-order valence-electron chi connectivity index (χ0n) is 9.04. The van der Waals surface area contributed by atoms with Crippen LogP contribution in [0.4, 0.5) is 0 Å². The van der Waals surface area contributed by atoms with Crippen LogP contribution in [0.5, 0.6) is 0 Å². The van der Waals surface area contributed by atoms with Gasteiger partial charge in [-0.15, -0.1) is 0 Å². The van der Waals surface area contributed by atoms with Gasteiger partial charge in [-0.1, -0.05) is 11.3 Å². The Hall–Kier alpha value is -1.18. The number of nitrogens with one attached hydrogen (secondary N) is 3. The average Bonchev–Trinajstić information content (AvgIpc) is 2.68. The van der Waals surface area contributed by atoms with Crippen LogP contribution < -0.4 is 15.5 Å². The predicted octanol–water partition coefficient (Wildman–Crippen LogP) is -0.711. The van der Waals surface area contributed by atoms with Crippen molar-refractivity contribution in [2.75, 3.05) is 26.8 Å². The van der Waals surface area contributed by atoms with Gasteiger partial charge in [-0.05, 0) is 0 Å². The lowest BCUT2D eigenvalue weighted by molar-refractivity contribution is -0.120. The molecule has 1 aromatic heterocycles. The number of thiazole rings is 1. The molecule has 0 saturated carbocycles. The molecule has 0 saturated heterocycles. The standard InChI is InChI=1S/C9H15N3O3S/c1-15-3-2-10-5-8(13)11-4-7-6-16-9(14)12-7/h6,10H,2-5H2,1H3,(H,11,13)(H,12,14). The van der Waals surface area contributed by atoms with Gasteiger partial charge in [0.05, 0.1) is 19.7 Å². The van der Waals surface area contributed by atoms with Crippen molar-refractivity contribution in [3.63, 3.8) is 0 Å². The number of aromatic nitrogens is 1. The highest BCUT2D eigenvalue weighted by atomic mass is 32.1. The summed E-state index contributed by atoms with van der Waals surface area (Å²) in [6.07, 6.45) is 0. The fourth-order valence-electron chi connectivity index (χ4n) is 1.03. The summed E-state index contributed by atoms with van der Waals surface area (Å²) in [4.78, 5) is 24.6. The molecule has 0 fully saturated rings. The van der Waals surface area contributed by atoms with Crippen molar-refractivity contribution in [2.24, 2.45) is 0 Å². The molecule has 0 aliphatic rings. The van der Waals surface area contributed by atoms with Gasteiger partial charge in [-0.25, -0.2) is 0 Å². The molecule has 90 valence electrons. The summed E-state index contributed by atoms with van der Waals surface area (Å²) in [5.74, 6) is -0.108. The number of carbonyl (C=O) groups excluding carboxylic acids is 1. The van der Waals surface area contributed by atoms with Crippen LogP contribution in [-0.4, -0.2) is 37.7 Å². The van der Waals surface area contributed by atoms with E-state index in [9.17, 15) is 9.59 Å². The van der Waals surface area contributed by atoms with E-state index in [1.54, 1.807) is 12.5 Å². The van der Waals surface area contributed by atoms with Crippen molar-refractivity contribution in [1.82, 2.24) is 15.6 Å². The molecule has 1 amide bonds. The molecule has 0 spiro atoms. The minimum atomic E-state index is -0.109. The molecule has 0 unspecified atom stereocenters. The summed E-state index contributed by atoms with van der Waals surface area (Å²) in [7, 11) is 1.61. The van der Waals surface area contributed by atoms with Crippen molar-refractivity contribution in [2.45, 2.75) is 6.54 Å². The smallest absolute Gasteiger partial charge is 0.304 e. The number of amides is 1. The summed E-state index contributed by atoms with van der Waals surface area (Å²) in [6, 6.07) is 0. The first-order valence-electron chi connectivity index (χ1n) is 4.85. The second-order valence-corrected chi connectivity index (χ2v) is 3.96. The zero-order valence-corrected chi connectivity index (χ0v) is 9.86. The number of hydrogen-bond acceptors (Lipinski definition) is 5. The third-order valence-corrected chi connectivity index (χ3v) is 2.53. The van der Waals surface area contributed by atoms with E-state index in [1.165, 1.54) is 0 Å². The SMILES string of the molecule is COCCNCC(=O)NCc1csc(=O)[nH]1. The van der Waals surface area contributed by atoms with Crippen LogP contribution in [-0.2, 0) is 16.1 Å². The summed E-state index contributed by atoms with van der Waals surface area (Å²) in [6.45, 7) is 1.81. The molecule has 1 rings (SSSR count). The molecule has 6 nitrogen and oxygen atoms in total. The first-order chi connectivity index (χ1) is 7.72. The average molecular weight is 245 g/mol. The van der Waals surface area contributed by atoms with Gasteiger partial charge in [0.15, 0.2) is 0 Å². The van der Waals surface area contributed by atoms with Crippen LogP contribution >= 0.6 is 11.3 Å². The molecule has 0 aliphatic heterocycles. The van der Waals surface area contributed by atoms with Gasteiger partial charge < -0.3 is 20.4 Å². The fourth-order valence-corrected chi connectivity index (χ4v) is 1.61. The highest BCUT2D eigenvalue weighted by Crippen LogP contribution is 1.93. The van der Waals surface area contributed by atoms with Crippen LogP contribution in [0.1, 0.15) is 5.69 Å². The minimum absolute atomic E-state index is 0.108. The Bertz CT molecular complexity index is 374. The number of ether oxygens (including phenoxy) is 1. The first-order valence-corrected chi connectivity index (χ1v) is 5.73. The van der Waals surface area contributed by atoms with E-state index in [1.807, 2.05) is 0 Å². The predicted molar refractivity (Wildman–Crippen MR) is 61.5 cm³/mol. The summed E-state index contributed by atoms with van der Waals surface area (Å²) < 4.78 is 4.82. The lowest BCUT2D eigenvalue weighted by Crippen LogP contribution is -2.34. The van der Waals surface area contributed by atoms with E-state index >= 15 is 0 Å². The molecule has 1 heterocycles. The van der Waals surface area contributed by atoms with Gasteiger partial charge in [0.1, 0.15) is 0 Å². The summed E-state index contributed by atoms with van der Waals surface area (Å²) >= 11 is 1.09. The largest absolute Gasteiger partial charge is 0.383 e. The van der Waals surface area contributed by atoms with Crippen LogP contribution in [0.25, 0.3) is 0 Å². The number of H-pyrrole nitrogens is 1. The monoisotopic (exact) mass is 245 g/mol. The number of carbonyl (C=O) groups is 1. The second-order valence-electron chi connectivity index (χ2n) is 3.12. The zero-order chi connectivity index (χ0) is 11.8. The maximum absolute atomic E-state index is 11.3. The van der Waals surface area contributed by atoms with Crippen molar-refractivity contribution in [3.05, 3.63) is 20.7 Å². The summed E-state index contributed by atoms with van der Waals surface area (Å²) in [5.41, 5.74) is 0.722. The molecular formula is C9H15N3O3S. The molecular weight excluding hydrogens is 230 g/mol. The highest BCUT2D eigenvalue weighted by Gasteiger charge is 2.01. The quantitative estimate of drug-likeness (QED) is 0.554. The Kier molecular flexibility index (Phi) is 5.76. The molecule has 0 bridgehead atoms. The first kappa shape index (κ1) is 12.9. The molecule has 0 aromatic carbocycles. The van der Waals surface area contributed by atoms with Gasteiger partial charge in [-0.3, -0.25) is 9.59 Å². The van der Waals surface area contributed by atoms with Crippen LogP contribution in [0.3, 0.4) is 0 Å². The maximum atomic E-state index is 11.3. The van der Waals surface area contributed by atoms with E-state index in [0.717, 1.165) is 17.0 Å². The van der Waals surface area contributed by atoms with Gasteiger partial charge in [0, 0.05) is 24.7 Å². The number of methoxy groups -OCH3 is 1. The van der Waals surface area contributed by atoms with Gasteiger partial charge in [0.2, 0.25) is 5.91 Å². The number of aromatic amines is 1. The normalized spacial score (nSPS) is 10.3. The van der Waals surface area contributed by atoms with E-state index in [4.69, 9.17) is 4.74 Å². The Morgan fingerprint density at radius 1 is 1.62 bits per heavy atom. The van der Waals surface area contributed by atoms with E-state index in [-0.39, 0.29) is 17.3 Å². The highest BCUT2D eigenvalue weighted by molar-refractivity contribution is 7.07. The second kappa shape index (κ2) is 7.15. The number of hydrogen-bond donors (Lipinski definition) is 3. The molecule has 0 radical (unpaired) electrons.